The van der Waals surface area contributed by atoms with Crippen LogP contribution in [0.2, 0.25) is 0 Å². The highest BCUT2D eigenvalue weighted by Gasteiger charge is 2.10. The van der Waals surface area contributed by atoms with E-state index in [0.717, 1.165) is 6.54 Å². The van der Waals surface area contributed by atoms with Crippen LogP contribution in [0.5, 0.6) is 5.75 Å². The third-order valence-corrected chi connectivity index (χ3v) is 4.16. The number of ether oxygens (including phenoxy) is 1. The monoisotopic (exact) mass is 489 g/mol. The van der Waals surface area contributed by atoms with Crippen molar-refractivity contribution in [3.05, 3.63) is 29.8 Å². The minimum Gasteiger partial charge on any atom is -0.435 e. The smallest absolute Gasteiger partial charge is 0.387 e. The van der Waals surface area contributed by atoms with E-state index < -0.39 is 12.7 Å². The van der Waals surface area contributed by atoms with E-state index in [4.69, 9.17) is 0 Å². The quantitative estimate of drug-likeness (QED) is 0.283. The average Bonchev–Trinajstić information content (AvgIpc) is 2.56. The third kappa shape index (κ3) is 10.0. The number of aliphatic hydroxyl groups excluding tert-OH is 1. The topological polar surface area (TPSA) is 65.9 Å². The summed E-state index contributed by atoms with van der Waals surface area (Å²) in [6.07, 6.45) is 1.25. The summed E-state index contributed by atoms with van der Waals surface area (Å²) >= 11 is 1.73. The number of nitrogens with zero attached hydrogens (tertiary/aromatic N) is 1. The van der Waals surface area contributed by atoms with Crippen LogP contribution in [0.25, 0.3) is 0 Å². The average molecular weight is 489 g/mol. The minimum absolute atomic E-state index is 0. The summed E-state index contributed by atoms with van der Waals surface area (Å²) < 4.78 is 28.5. The van der Waals surface area contributed by atoms with Crippen molar-refractivity contribution >= 4 is 41.7 Å². The van der Waals surface area contributed by atoms with Crippen molar-refractivity contribution in [2.75, 3.05) is 25.9 Å². The van der Waals surface area contributed by atoms with Gasteiger partial charge in [-0.25, -0.2) is 0 Å². The highest BCUT2D eigenvalue weighted by molar-refractivity contribution is 14.0. The summed E-state index contributed by atoms with van der Waals surface area (Å²) in [6, 6.07) is 5.93. The summed E-state index contributed by atoms with van der Waals surface area (Å²) in [7, 11) is 0. The zero-order valence-corrected chi connectivity index (χ0v) is 17.7. The van der Waals surface area contributed by atoms with Crippen molar-refractivity contribution in [2.45, 2.75) is 31.8 Å². The fourth-order valence-electron chi connectivity index (χ4n) is 1.82. The molecule has 1 aromatic rings. The van der Waals surface area contributed by atoms with Crippen LogP contribution < -0.4 is 15.4 Å². The summed E-state index contributed by atoms with van der Waals surface area (Å²) in [6.45, 7) is 2.85. The van der Waals surface area contributed by atoms with Gasteiger partial charge in [-0.2, -0.15) is 20.5 Å². The van der Waals surface area contributed by atoms with Gasteiger partial charge in [0.15, 0.2) is 5.96 Å². The van der Waals surface area contributed by atoms with Gasteiger partial charge in [-0.1, -0.05) is 19.1 Å². The van der Waals surface area contributed by atoms with Gasteiger partial charge < -0.3 is 20.5 Å². The first-order valence-corrected chi connectivity index (χ1v) is 9.02. The standard InChI is InChI=1S/C16H25F2N3O2S.HI/c1-4-19-16(20-9-11(2)24-3)21-10-14(22)12-5-7-13(8-6-12)23-15(17)18;/h5-8,11,14-15,22H,4,9-10H2,1-3H3,(H2,19,20,21);1H. The van der Waals surface area contributed by atoms with E-state index in [9.17, 15) is 13.9 Å². The molecule has 0 radical (unpaired) electrons. The van der Waals surface area contributed by atoms with Gasteiger partial charge in [0.2, 0.25) is 0 Å². The number of benzene rings is 1. The van der Waals surface area contributed by atoms with Gasteiger partial charge in [-0.15, -0.1) is 24.0 Å². The van der Waals surface area contributed by atoms with Crippen molar-refractivity contribution in [1.82, 2.24) is 10.6 Å². The van der Waals surface area contributed by atoms with Gasteiger partial charge in [0.25, 0.3) is 0 Å². The number of rotatable bonds is 9. The van der Waals surface area contributed by atoms with E-state index in [-0.39, 0.29) is 36.3 Å². The fourth-order valence-corrected chi connectivity index (χ4v) is 2.04. The lowest BCUT2D eigenvalue weighted by atomic mass is 10.1. The summed E-state index contributed by atoms with van der Waals surface area (Å²) in [4.78, 5) is 4.46. The van der Waals surface area contributed by atoms with E-state index >= 15 is 0 Å². The molecule has 1 aromatic carbocycles. The van der Waals surface area contributed by atoms with Crippen LogP contribution in [0.1, 0.15) is 25.5 Å². The highest BCUT2D eigenvalue weighted by atomic mass is 127. The first-order valence-electron chi connectivity index (χ1n) is 7.74. The Hall–Kier alpha value is -0.810. The molecule has 0 saturated carbocycles. The number of aliphatic imine (C=N–C) groups is 1. The Balaban J connectivity index is 0.00000576. The molecule has 0 aliphatic heterocycles. The van der Waals surface area contributed by atoms with Crippen molar-refractivity contribution in [3.8, 4) is 5.75 Å². The second kappa shape index (κ2) is 13.4. The number of guanidine groups is 1. The number of hydrogen-bond donors (Lipinski definition) is 3. The van der Waals surface area contributed by atoms with Gasteiger partial charge in [-0.3, -0.25) is 4.99 Å². The molecule has 0 aliphatic rings. The molecule has 0 amide bonds. The molecule has 0 saturated heterocycles. The molecule has 2 atom stereocenters. The Morgan fingerprint density at radius 1 is 1.28 bits per heavy atom. The zero-order valence-electron chi connectivity index (χ0n) is 14.5. The molecule has 0 heterocycles. The molecular formula is C16H26F2IN3O2S. The molecule has 0 fully saturated rings. The lowest BCUT2D eigenvalue weighted by molar-refractivity contribution is -0.0498. The van der Waals surface area contributed by atoms with E-state index in [1.807, 2.05) is 13.2 Å². The highest BCUT2D eigenvalue weighted by Crippen LogP contribution is 2.18. The molecule has 9 heteroatoms. The third-order valence-electron chi connectivity index (χ3n) is 3.21. The minimum atomic E-state index is -2.86. The molecule has 0 spiro atoms. The lowest BCUT2D eigenvalue weighted by Gasteiger charge is -2.16. The Morgan fingerprint density at radius 2 is 1.92 bits per heavy atom. The maximum absolute atomic E-state index is 12.1. The van der Waals surface area contributed by atoms with E-state index in [1.165, 1.54) is 12.1 Å². The van der Waals surface area contributed by atoms with Crippen molar-refractivity contribution in [1.29, 1.82) is 0 Å². The molecule has 2 unspecified atom stereocenters. The van der Waals surface area contributed by atoms with Crippen LogP contribution in [0, 0.1) is 0 Å². The van der Waals surface area contributed by atoms with Gasteiger partial charge >= 0.3 is 6.61 Å². The molecule has 25 heavy (non-hydrogen) atoms. The maximum Gasteiger partial charge on any atom is 0.387 e. The molecule has 3 N–H and O–H groups in total. The fraction of sp³-hybridized carbons (Fsp3) is 0.562. The van der Waals surface area contributed by atoms with Crippen LogP contribution >= 0.6 is 35.7 Å². The van der Waals surface area contributed by atoms with Crippen molar-refractivity contribution in [3.63, 3.8) is 0 Å². The molecule has 0 aliphatic carbocycles. The predicted molar refractivity (Wildman–Crippen MR) is 110 cm³/mol. The van der Waals surface area contributed by atoms with Crippen LogP contribution in [-0.2, 0) is 0 Å². The molecular weight excluding hydrogens is 463 g/mol. The number of hydrogen-bond acceptors (Lipinski definition) is 4. The molecule has 144 valence electrons. The second-order valence-electron chi connectivity index (χ2n) is 5.11. The number of halogens is 3. The number of alkyl halides is 2. The summed E-state index contributed by atoms with van der Waals surface area (Å²) in [5.41, 5.74) is 0.609. The van der Waals surface area contributed by atoms with E-state index in [2.05, 4.69) is 27.3 Å². The van der Waals surface area contributed by atoms with Crippen LogP contribution in [0.4, 0.5) is 8.78 Å². The summed E-state index contributed by atoms with van der Waals surface area (Å²) in [5, 5.41) is 16.8. The first kappa shape index (κ1) is 24.2. The van der Waals surface area contributed by atoms with Gasteiger partial charge in [-0.05, 0) is 30.9 Å². The molecule has 0 aromatic heterocycles. The Morgan fingerprint density at radius 3 is 2.44 bits per heavy atom. The Labute approximate surface area is 169 Å². The lowest BCUT2D eigenvalue weighted by Crippen LogP contribution is -2.39. The largest absolute Gasteiger partial charge is 0.435 e. The van der Waals surface area contributed by atoms with E-state index in [1.54, 1.807) is 23.9 Å². The first-order chi connectivity index (χ1) is 11.5. The Bertz CT molecular complexity index is 507. The normalized spacial score (nSPS) is 13.8. The van der Waals surface area contributed by atoms with Crippen LogP contribution in [0.15, 0.2) is 29.3 Å². The number of aliphatic hydroxyl groups is 1. The van der Waals surface area contributed by atoms with Gasteiger partial charge in [0.05, 0.1) is 12.6 Å². The summed E-state index contributed by atoms with van der Waals surface area (Å²) in [5.74, 6) is 0.699. The van der Waals surface area contributed by atoms with Crippen LogP contribution in [0.3, 0.4) is 0 Å². The van der Waals surface area contributed by atoms with Gasteiger partial charge in [0, 0.05) is 18.3 Å². The van der Waals surface area contributed by atoms with E-state index in [0.29, 0.717) is 23.3 Å². The molecule has 0 bridgehead atoms. The van der Waals surface area contributed by atoms with Crippen molar-refractivity contribution in [2.24, 2.45) is 4.99 Å². The van der Waals surface area contributed by atoms with Gasteiger partial charge in [0.1, 0.15) is 5.75 Å². The molecule has 5 nitrogen and oxygen atoms in total. The number of nitrogens with one attached hydrogen (secondary N) is 2. The second-order valence-corrected chi connectivity index (χ2v) is 6.39. The van der Waals surface area contributed by atoms with Crippen LogP contribution in [-0.4, -0.2) is 48.8 Å². The Kier molecular flexibility index (Phi) is 13.0. The van der Waals surface area contributed by atoms with Crippen molar-refractivity contribution < 1.29 is 18.6 Å². The molecule has 1 rings (SSSR count). The zero-order chi connectivity index (χ0) is 17.9. The number of thioether (sulfide) groups is 1. The maximum atomic E-state index is 12.1. The SMILES string of the molecule is CCNC(=NCC(C)SC)NCC(O)c1ccc(OC(F)F)cc1.I. The predicted octanol–water partition coefficient (Wildman–Crippen LogP) is 3.25.